The van der Waals surface area contributed by atoms with Crippen molar-refractivity contribution in [3.8, 4) is 11.3 Å². The molecule has 0 radical (unpaired) electrons. The van der Waals surface area contributed by atoms with Gasteiger partial charge in [-0.05, 0) is 6.42 Å². The fourth-order valence-corrected chi connectivity index (χ4v) is 3.47. The molecule has 3 heterocycles. The third-order valence-corrected chi connectivity index (χ3v) is 4.80. The number of H-pyrrole nitrogens is 1. The summed E-state index contributed by atoms with van der Waals surface area (Å²) in [6.07, 6.45) is 5.58. The highest BCUT2D eigenvalue weighted by Crippen LogP contribution is 2.40. The highest BCUT2D eigenvalue weighted by molar-refractivity contribution is 6.35. The van der Waals surface area contributed by atoms with Crippen molar-refractivity contribution in [3.05, 3.63) is 41.2 Å². The molecule has 1 atom stereocenters. The Kier molecular flexibility index (Phi) is 4.48. The number of imidazole rings is 1. The van der Waals surface area contributed by atoms with Gasteiger partial charge in [-0.1, -0.05) is 18.5 Å². The molecule has 0 aliphatic rings. The largest absolute Gasteiger partial charge is 0.388 e. The minimum Gasteiger partial charge on any atom is -0.388 e. The van der Waals surface area contributed by atoms with E-state index in [1.807, 2.05) is 0 Å². The van der Waals surface area contributed by atoms with Gasteiger partial charge in [-0.3, -0.25) is 14.9 Å². The quantitative estimate of drug-likeness (QED) is 0.484. The van der Waals surface area contributed by atoms with Gasteiger partial charge in [0.1, 0.15) is 5.82 Å². The summed E-state index contributed by atoms with van der Waals surface area (Å²) in [6.45, 7) is 3.13. The number of aromatic nitrogens is 5. The van der Waals surface area contributed by atoms with E-state index in [4.69, 9.17) is 11.6 Å². The maximum absolute atomic E-state index is 15.0. The molecule has 1 amide bonds. The monoisotopic (exact) mass is 402 g/mol. The summed E-state index contributed by atoms with van der Waals surface area (Å²) in [5, 5.41) is 19.9. The molecule has 4 rings (SSSR count). The van der Waals surface area contributed by atoms with E-state index in [1.54, 1.807) is 23.7 Å². The van der Waals surface area contributed by atoms with Crippen LogP contribution in [0.2, 0.25) is 5.02 Å². The van der Waals surface area contributed by atoms with Crippen LogP contribution in [-0.2, 0) is 4.79 Å². The zero-order chi connectivity index (χ0) is 20.0. The first-order valence-electron chi connectivity index (χ1n) is 8.55. The lowest BCUT2D eigenvalue weighted by atomic mass is 9.98. The van der Waals surface area contributed by atoms with E-state index in [1.165, 1.54) is 19.3 Å². The lowest BCUT2D eigenvalue weighted by molar-refractivity contribution is -0.114. The van der Waals surface area contributed by atoms with Crippen molar-refractivity contribution in [3.63, 3.8) is 0 Å². The van der Waals surface area contributed by atoms with Gasteiger partial charge in [0.25, 0.3) is 0 Å². The Morgan fingerprint density at radius 2 is 2.21 bits per heavy atom. The fourth-order valence-electron chi connectivity index (χ4n) is 3.17. The molecule has 28 heavy (non-hydrogen) atoms. The number of carbonyl (C=O) groups is 1. The fraction of sp³-hybridized carbons (Fsp3) is 0.222. The van der Waals surface area contributed by atoms with Gasteiger partial charge in [0.2, 0.25) is 5.91 Å². The maximum atomic E-state index is 15.0. The summed E-state index contributed by atoms with van der Waals surface area (Å²) in [4.78, 5) is 19.8. The number of hydrogen-bond acceptors (Lipinski definition) is 5. The van der Waals surface area contributed by atoms with Crippen LogP contribution in [-0.4, -0.2) is 35.6 Å². The smallest absolute Gasteiger partial charge is 0.222 e. The molecular formula is C18H16ClFN6O2. The van der Waals surface area contributed by atoms with Crippen LogP contribution in [0.25, 0.3) is 27.8 Å². The van der Waals surface area contributed by atoms with Gasteiger partial charge in [-0.15, -0.1) is 0 Å². The number of fused-ring (bicyclic) bond motifs is 2. The summed E-state index contributed by atoms with van der Waals surface area (Å²) < 4.78 is 16.7. The van der Waals surface area contributed by atoms with Crippen LogP contribution in [0.5, 0.6) is 0 Å². The minimum atomic E-state index is -1.01. The Labute approximate surface area is 163 Å². The van der Waals surface area contributed by atoms with E-state index in [9.17, 15) is 9.90 Å². The molecule has 0 saturated heterocycles. The van der Waals surface area contributed by atoms with Crippen molar-refractivity contribution in [1.29, 1.82) is 0 Å². The molecule has 0 saturated carbocycles. The van der Waals surface area contributed by atoms with Crippen LogP contribution >= 0.6 is 11.6 Å². The van der Waals surface area contributed by atoms with E-state index in [0.29, 0.717) is 40.0 Å². The van der Waals surface area contributed by atoms with E-state index < -0.39 is 11.9 Å². The number of amides is 1. The van der Waals surface area contributed by atoms with Crippen LogP contribution in [0.4, 0.5) is 10.2 Å². The average Bonchev–Trinajstić information content (AvgIpc) is 3.27. The van der Waals surface area contributed by atoms with E-state index >= 15 is 4.39 Å². The Morgan fingerprint density at radius 1 is 1.43 bits per heavy atom. The third-order valence-electron chi connectivity index (χ3n) is 4.45. The normalized spacial score (nSPS) is 12.6. The summed E-state index contributed by atoms with van der Waals surface area (Å²) >= 11 is 6.35. The number of aliphatic hydroxyl groups excluding tert-OH is 1. The van der Waals surface area contributed by atoms with Crippen LogP contribution in [0, 0.1) is 5.82 Å². The maximum Gasteiger partial charge on any atom is 0.222 e. The van der Waals surface area contributed by atoms with Crippen molar-refractivity contribution >= 4 is 39.9 Å². The zero-order valence-electron chi connectivity index (χ0n) is 15.0. The van der Waals surface area contributed by atoms with Gasteiger partial charge in [0, 0.05) is 29.6 Å². The zero-order valence-corrected chi connectivity index (χ0v) is 15.8. The highest BCUT2D eigenvalue weighted by atomic mass is 35.5. The van der Waals surface area contributed by atoms with Crippen molar-refractivity contribution < 1.29 is 14.3 Å². The number of aliphatic hydroxyl groups is 1. The molecule has 0 aliphatic carbocycles. The second-order valence-electron chi connectivity index (χ2n) is 6.34. The molecule has 144 valence electrons. The molecular weight excluding hydrogens is 387 g/mol. The predicted molar refractivity (Wildman–Crippen MR) is 103 cm³/mol. The number of hydrogen-bond donors (Lipinski definition) is 3. The van der Waals surface area contributed by atoms with Crippen LogP contribution in [0.3, 0.4) is 0 Å². The topological polar surface area (TPSA) is 108 Å². The standard InChI is InChI=1S/C18H16ClFN6O2/c1-3-11(28)15-17(20)16(19)14(9-4-22-25-18(9)15)10-6-26-7-12(23-8(2)27)24-13(26)5-21-10/h4-7,11,28H,3H2,1-2H3,(H,22,25)(H,23,27)/t11-/m1/s1. The van der Waals surface area contributed by atoms with Crippen LogP contribution in [0.15, 0.2) is 24.8 Å². The van der Waals surface area contributed by atoms with Crippen molar-refractivity contribution in [2.75, 3.05) is 5.32 Å². The van der Waals surface area contributed by atoms with Gasteiger partial charge in [-0.25, -0.2) is 9.37 Å². The minimum absolute atomic E-state index is 0.0837. The van der Waals surface area contributed by atoms with Crippen molar-refractivity contribution in [1.82, 2.24) is 24.6 Å². The van der Waals surface area contributed by atoms with E-state index in [0.717, 1.165) is 0 Å². The van der Waals surface area contributed by atoms with Gasteiger partial charge in [0.05, 0.1) is 40.9 Å². The first kappa shape index (κ1) is 18.3. The number of rotatable bonds is 4. The average molecular weight is 403 g/mol. The Balaban J connectivity index is 1.93. The molecule has 0 spiro atoms. The molecule has 0 fully saturated rings. The second-order valence-corrected chi connectivity index (χ2v) is 6.72. The third kappa shape index (κ3) is 2.88. The number of anilines is 1. The first-order valence-corrected chi connectivity index (χ1v) is 8.93. The van der Waals surface area contributed by atoms with Crippen LogP contribution < -0.4 is 5.32 Å². The second kappa shape index (κ2) is 6.84. The highest BCUT2D eigenvalue weighted by Gasteiger charge is 2.25. The molecule has 4 aromatic rings. The summed E-state index contributed by atoms with van der Waals surface area (Å²) in [5.41, 5.74) is 1.71. The molecule has 0 unspecified atom stereocenters. The molecule has 0 bridgehead atoms. The SMILES string of the molecule is CC[C@@H](O)c1c(F)c(Cl)c(-c2cn3cc(NC(C)=O)nc3cn2)c2cn[nH]c12. The van der Waals surface area contributed by atoms with E-state index in [-0.39, 0.29) is 16.5 Å². The molecule has 10 heteroatoms. The molecule has 3 N–H and O–H groups in total. The molecule has 0 aliphatic heterocycles. The number of nitrogens with one attached hydrogen (secondary N) is 2. The van der Waals surface area contributed by atoms with Gasteiger partial charge in [0.15, 0.2) is 11.5 Å². The summed E-state index contributed by atoms with van der Waals surface area (Å²) in [7, 11) is 0. The molecule has 1 aromatic carbocycles. The number of carbonyl (C=O) groups excluding carboxylic acids is 1. The summed E-state index contributed by atoms with van der Waals surface area (Å²) in [5.74, 6) is -0.584. The Morgan fingerprint density at radius 3 is 2.93 bits per heavy atom. The van der Waals surface area contributed by atoms with Crippen molar-refractivity contribution in [2.24, 2.45) is 0 Å². The predicted octanol–water partition coefficient (Wildman–Crippen LogP) is 3.47. The van der Waals surface area contributed by atoms with Gasteiger partial charge < -0.3 is 14.8 Å². The Hall–Kier alpha value is -3.04. The lowest BCUT2D eigenvalue weighted by Crippen LogP contribution is -2.05. The number of aromatic amines is 1. The van der Waals surface area contributed by atoms with E-state index in [2.05, 4.69) is 25.5 Å². The number of nitrogens with zero attached hydrogens (tertiary/aromatic N) is 4. The number of halogens is 2. The molecule has 8 nitrogen and oxygen atoms in total. The van der Waals surface area contributed by atoms with Crippen LogP contribution in [0.1, 0.15) is 31.9 Å². The van der Waals surface area contributed by atoms with Gasteiger partial charge in [-0.2, -0.15) is 5.10 Å². The van der Waals surface area contributed by atoms with Crippen molar-refractivity contribution in [2.45, 2.75) is 26.4 Å². The first-order chi connectivity index (χ1) is 13.4. The van der Waals surface area contributed by atoms with Gasteiger partial charge >= 0.3 is 0 Å². The lowest BCUT2D eigenvalue weighted by Gasteiger charge is -2.15. The summed E-state index contributed by atoms with van der Waals surface area (Å²) in [6, 6.07) is 0. The molecule has 3 aromatic heterocycles. The Bertz CT molecular complexity index is 1220. The number of benzene rings is 1.